The minimum atomic E-state index is -1.87. The van der Waals surface area contributed by atoms with Crippen molar-refractivity contribution in [1.29, 1.82) is 0 Å². The zero-order valence-corrected chi connectivity index (χ0v) is 57.0. The lowest BCUT2D eigenvalue weighted by atomic mass is 9.65. The highest BCUT2D eigenvalue weighted by atomic mass is 19.1. The van der Waals surface area contributed by atoms with Crippen molar-refractivity contribution in [3.05, 3.63) is 266 Å². The number of hydrogen-bond donors (Lipinski definition) is 7. The van der Waals surface area contributed by atoms with Gasteiger partial charge < -0.3 is 37.6 Å². The maximum Gasteiger partial charge on any atom is 0.256 e. The summed E-state index contributed by atoms with van der Waals surface area (Å²) in [5.74, 6) is -3.70. The van der Waals surface area contributed by atoms with Crippen LogP contribution in [0.5, 0.6) is 0 Å². The molecule has 0 spiro atoms. The molecule has 3 saturated carbocycles. The average Bonchev–Trinajstić information content (AvgIpc) is 1.58. The predicted molar refractivity (Wildman–Crippen MR) is 377 cm³/mol. The van der Waals surface area contributed by atoms with Gasteiger partial charge in [0.1, 0.15) is 17.5 Å². The number of nitrogens with two attached hydrogens (primary N) is 3. The van der Waals surface area contributed by atoms with Gasteiger partial charge in [0.25, 0.3) is 17.7 Å². The number of aryl methyl sites for hydroxylation is 3. The van der Waals surface area contributed by atoms with Gasteiger partial charge in [-0.15, -0.1) is 0 Å². The number of rotatable bonds is 18. The second-order valence-electron chi connectivity index (χ2n) is 28.9. The van der Waals surface area contributed by atoms with E-state index in [0.29, 0.717) is 93.7 Å². The summed E-state index contributed by atoms with van der Waals surface area (Å²) in [6.45, 7) is 6.27. The van der Waals surface area contributed by atoms with Gasteiger partial charge in [-0.05, 0) is 237 Å². The monoisotopic (exact) mass is 1390 g/mol. The maximum absolute atomic E-state index is 14.4. The number of aromatic nitrogens is 6. The van der Waals surface area contributed by atoms with Crippen LogP contribution >= 0.6 is 0 Å². The molecule has 6 aromatic carbocycles. The summed E-state index contributed by atoms with van der Waals surface area (Å²) < 4.78 is 74.4. The van der Waals surface area contributed by atoms with E-state index >= 15 is 0 Å². The third kappa shape index (κ3) is 12.8. The molecule has 15 rings (SSSR count). The maximum atomic E-state index is 14.4. The molecule has 3 heterocycles. The highest BCUT2D eigenvalue weighted by molar-refractivity contribution is 5.82. The van der Waals surface area contributed by atoms with E-state index in [1.54, 1.807) is 106 Å². The molecule has 10 N–H and O–H groups in total. The largest absolute Gasteiger partial charge is 0.389 e. The second kappa shape index (κ2) is 27.4. The molecule has 21 heteroatoms. The SMILES string of the molecule is C[C@]12Cc3cnn(-c4ccc(F)cc4)c3C=C1CC[C@@]2(O)CCc1ccccc1C(F)C(N)=O.C[C@]12Cc3cnn(-c4ccc(F)cc4)c3C=C1CC[C@@]2(O)CCc1ccccc1C(F)C(N)=O.C[C@]12Cc3cnn(-c4ccc(F)cc4)c3C=C1CC[C@@]2(O)CCc1ccccc1C(O)C(N)=O. The quantitative estimate of drug-likeness (QED) is 0.0399. The Balaban J connectivity index is 0.000000137. The van der Waals surface area contributed by atoms with Crippen molar-refractivity contribution in [2.24, 2.45) is 33.4 Å². The molecule has 3 fully saturated rings. The van der Waals surface area contributed by atoms with Crippen molar-refractivity contribution in [2.45, 2.75) is 152 Å². The van der Waals surface area contributed by atoms with Gasteiger partial charge in [-0.3, -0.25) is 14.4 Å². The molecular weight excluding hydrogens is 1310 g/mol. The molecule has 0 radical (unpaired) electrons. The summed E-state index contributed by atoms with van der Waals surface area (Å²) in [6.07, 6.45) is 15.4. The van der Waals surface area contributed by atoms with Gasteiger partial charge in [0.15, 0.2) is 6.10 Å². The van der Waals surface area contributed by atoms with Gasteiger partial charge in [0.2, 0.25) is 12.3 Å². The molecule has 0 saturated heterocycles. The molecule has 102 heavy (non-hydrogen) atoms. The van der Waals surface area contributed by atoms with Gasteiger partial charge in [0, 0.05) is 16.2 Å². The second-order valence-corrected chi connectivity index (χ2v) is 28.9. The van der Waals surface area contributed by atoms with E-state index in [4.69, 9.17) is 17.2 Å². The first-order chi connectivity index (χ1) is 48.6. The standard InChI is InChI=1S/2C27H27F2N3O2.C27H28FN3O3/c2*1-26-15-18-16-31-32(21-8-6-20(28)7-9-21)23(18)14-19(26)11-13-27(26,34)12-10-17-4-2-3-5-22(17)24(29)25(30)33;1-26-15-18-16-30-31(21-8-6-20(28)7-9-21)23(18)14-19(26)11-13-27(26,34)12-10-17-4-2-3-5-22(17)24(32)25(29)33/h2*2-9,14,16,24,34H,10-13,15H2,1H3,(H2,30,33);2-9,14,16,24,32,34H,10-13,15H2,1H3,(H2,29,33)/t3*24?,26-,27-/m000/s1. The van der Waals surface area contributed by atoms with E-state index in [9.17, 15) is 56.8 Å². The lowest BCUT2D eigenvalue weighted by molar-refractivity contribution is -0.126. The van der Waals surface area contributed by atoms with E-state index in [2.05, 4.69) is 54.3 Å². The smallest absolute Gasteiger partial charge is 0.256 e. The van der Waals surface area contributed by atoms with Crippen LogP contribution < -0.4 is 17.2 Å². The fourth-order valence-corrected chi connectivity index (χ4v) is 16.9. The Kier molecular flexibility index (Phi) is 19.0. The highest BCUT2D eigenvalue weighted by Crippen LogP contribution is 2.60. The van der Waals surface area contributed by atoms with Crippen LogP contribution in [0.3, 0.4) is 0 Å². The van der Waals surface area contributed by atoms with Gasteiger partial charge >= 0.3 is 0 Å². The first kappa shape index (κ1) is 70.5. The van der Waals surface area contributed by atoms with E-state index < -0.39 is 69.2 Å². The molecule has 9 atom stereocenters. The van der Waals surface area contributed by atoms with Crippen molar-refractivity contribution < 1.29 is 56.8 Å². The molecule has 9 aromatic rings. The number of carbonyl (C=O) groups excluding carboxylic acids is 3. The molecule has 3 unspecified atom stereocenters. The predicted octanol–water partition coefficient (Wildman–Crippen LogP) is 12.9. The molecule has 528 valence electrons. The first-order valence-electron chi connectivity index (χ1n) is 34.5. The minimum absolute atomic E-state index is 0.268. The minimum Gasteiger partial charge on any atom is -0.389 e. The van der Waals surface area contributed by atoms with Crippen molar-refractivity contribution in [3.8, 4) is 17.1 Å². The number of fused-ring (bicyclic) bond motifs is 6. The van der Waals surface area contributed by atoms with Crippen molar-refractivity contribution in [2.75, 3.05) is 0 Å². The summed E-state index contributed by atoms with van der Waals surface area (Å²) in [5.41, 5.74) is 26.4. The van der Waals surface area contributed by atoms with Gasteiger partial charge in [-0.1, -0.05) is 110 Å². The Hall–Kier alpha value is -9.93. The molecule has 16 nitrogen and oxygen atoms in total. The van der Waals surface area contributed by atoms with Crippen LogP contribution in [-0.4, -0.2) is 84.3 Å². The number of alkyl halides is 2. The molecule has 3 amide bonds. The van der Waals surface area contributed by atoms with Crippen LogP contribution in [0.4, 0.5) is 22.0 Å². The number of benzene rings is 6. The summed E-state index contributed by atoms with van der Waals surface area (Å²) in [6, 6.07) is 39.6. The van der Waals surface area contributed by atoms with E-state index in [1.807, 2.05) is 35.4 Å². The third-order valence-electron chi connectivity index (χ3n) is 23.3. The Morgan fingerprint density at radius 1 is 0.431 bits per heavy atom. The molecule has 6 aliphatic carbocycles. The fraction of sp³-hybridized carbons (Fsp3) is 0.333. The summed E-state index contributed by atoms with van der Waals surface area (Å²) in [5, 5.41) is 59.3. The number of primary amides is 3. The van der Waals surface area contributed by atoms with E-state index in [1.165, 1.54) is 42.0 Å². The number of aliphatic hydroxyl groups is 4. The van der Waals surface area contributed by atoms with Crippen LogP contribution in [0.15, 0.2) is 181 Å². The summed E-state index contributed by atoms with van der Waals surface area (Å²) >= 11 is 0. The zero-order valence-electron chi connectivity index (χ0n) is 57.0. The summed E-state index contributed by atoms with van der Waals surface area (Å²) in [7, 11) is 0. The average molecular weight is 1390 g/mol. The number of hydrogen-bond acceptors (Lipinski definition) is 10. The van der Waals surface area contributed by atoms with Crippen molar-refractivity contribution in [1.82, 2.24) is 29.3 Å². The van der Waals surface area contributed by atoms with Crippen molar-refractivity contribution >= 4 is 35.9 Å². The zero-order chi connectivity index (χ0) is 72.3. The highest BCUT2D eigenvalue weighted by Gasteiger charge is 2.57. The number of nitrogens with zero attached hydrogens (tertiary/aromatic N) is 6. The molecule has 0 bridgehead atoms. The third-order valence-corrected chi connectivity index (χ3v) is 23.3. The lowest BCUT2D eigenvalue weighted by Crippen LogP contribution is -2.45. The Morgan fingerprint density at radius 3 is 0.990 bits per heavy atom. The number of aliphatic hydroxyl groups excluding tert-OH is 1. The topological polar surface area (TPSA) is 264 Å². The van der Waals surface area contributed by atoms with Crippen LogP contribution in [-0.2, 0) is 52.9 Å². The number of carbonyl (C=O) groups is 3. The normalized spacial score (nSPS) is 24.3. The number of amides is 3. The molecule has 0 aliphatic heterocycles. The molecular formula is C81H82F5N9O7. The van der Waals surface area contributed by atoms with Gasteiger partial charge in [-0.2, -0.15) is 15.3 Å². The van der Waals surface area contributed by atoms with Crippen LogP contribution in [0, 0.1) is 33.7 Å². The van der Waals surface area contributed by atoms with E-state index in [0.717, 1.165) is 86.8 Å². The van der Waals surface area contributed by atoms with Crippen LogP contribution in [0.25, 0.3) is 35.3 Å². The summed E-state index contributed by atoms with van der Waals surface area (Å²) in [4.78, 5) is 34.4. The number of halogens is 5. The van der Waals surface area contributed by atoms with Crippen LogP contribution in [0.2, 0.25) is 0 Å². The van der Waals surface area contributed by atoms with Gasteiger partial charge in [-0.25, -0.2) is 36.0 Å². The Labute approximate surface area is 587 Å². The Bertz CT molecular complexity index is 4320. The van der Waals surface area contributed by atoms with Crippen LogP contribution in [0.1, 0.15) is 164 Å². The fourth-order valence-electron chi connectivity index (χ4n) is 16.9. The lowest BCUT2D eigenvalue weighted by Gasteiger charge is -2.42. The molecule has 3 aromatic heterocycles. The first-order valence-corrected chi connectivity index (χ1v) is 34.5. The Morgan fingerprint density at radius 2 is 0.706 bits per heavy atom. The van der Waals surface area contributed by atoms with Crippen molar-refractivity contribution in [3.63, 3.8) is 0 Å². The van der Waals surface area contributed by atoms with E-state index in [-0.39, 0.29) is 28.6 Å². The van der Waals surface area contributed by atoms with Gasteiger partial charge in [0.05, 0.1) is 69.5 Å². The molecule has 6 aliphatic rings.